The molecule has 22 heavy (non-hydrogen) atoms. The Morgan fingerprint density at radius 1 is 1.41 bits per heavy atom. The molecule has 0 bridgehead atoms. The van der Waals surface area contributed by atoms with Gasteiger partial charge >= 0.3 is 0 Å². The number of nitrogens with one attached hydrogen (secondary N) is 1. The van der Waals surface area contributed by atoms with Gasteiger partial charge in [0.15, 0.2) is 0 Å². The summed E-state index contributed by atoms with van der Waals surface area (Å²) in [5.41, 5.74) is 0. The van der Waals surface area contributed by atoms with Gasteiger partial charge in [-0.05, 0) is 51.0 Å². The zero-order valence-corrected chi connectivity index (χ0v) is 13.8. The number of nitrogens with zero attached hydrogens (tertiary/aromatic N) is 2. The van der Waals surface area contributed by atoms with Gasteiger partial charge in [-0.2, -0.15) is 0 Å². The second-order valence-corrected chi connectivity index (χ2v) is 7.17. The molecule has 1 saturated carbocycles. The summed E-state index contributed by atoms with van der Waals surface area (Å²) in [6.07, 6.45) is 4.06. The molecule has 0 aromatic carbocycles. The number of carbonyl (C=O) groups is 1. The summed E-state index contributed by atoms with van der Waals surface area (Å²) in [5, 5.41) is 2.91. The van der Waals surface area contributed by atoms with Gasteiger partial charge < -0.3 is 5.32 Å². The van der Waals surface area contributed by atoms with Gasteiger partial charge in [0.25, 0.3) is 0 Å². The number of carbonyl (C=O) groups excluding carboxylic acids is 1. The molecule has 116 valence electrons. The Morgan fingerprint density at radius 3 is 2.82 bits per heavy atom. The van der Waals surface area contributed by atoms with E-state index in [2.05, 4.69) is 34.3 Å². The van der Waals surface area contributed by atoms with Crippen molar-refractivity contribution in [3.05, 3.63) is 46.3 Å². The standard InChI is InChI=1S/C17H21N3OS/c1-12-6-9-15(22-12)11-20(14-7-8-14)13(2)17(21)19-16-5-3-4-10-18-16/h3-6,9-10,13-14H,7-8,11H2,1-2H3,(H,18,19,21)/t13-/m0/s1. The van der Waals surface area contributed by atoms with Gasteiger partial charge in [0, 0.05) is 28.5 Å². The maximum absolute atomic E-state index is 12.5. The third-order valence-electron chi connectivity index (χ3n) is 3.94. The highest BCUT2D eigenvalue weighted by Crippen LogP contribution is 2.31. The number of rotatable bonds is 6. The first-order valence-corrected chi connectivity index (χ1v) is 8.48. The van der Waals surface area contributed by atoms with Crippen molar-refractivity contribution in [2.45, 2.75) is 45.3 Å². The molecule has 2 aromatic heterocycles. The van der Waals surface area contributed by atoms with Crippen LogP contribution >= 0.6 is 11.3 Å². The summed E-state index contributed by atoms with van der Waals surface area (Å²) in [7, 11) is 0. The summed E-state index contributed by atoms with van der Waals surface area (Å²) >= 11 is 1.81. The first-order chi connectivity index (χ1) is 10.6. The molecule has 1 fully saturated rings. The van der Waals surface area contributed by atoms with Crippen LogP contribution in [0.5, 0.6) is 0 Å². The number of thiophene rings is 1. The van der Waals surface area contributed by atoms with Gasteiger partial charge in [0.1, 0.15) is 5.82 Å². The lowest BCUT2D eigenvalue weighted by Gasteiger charge is -2.27. The van der Waals surface area contributed by atoms with E-state index in [1.165, 1.54) is 22.6 Å². The first-order valence-electron chi connectivity index (χ1n) is 7.66. The molecular formula is C17H21N3OS. The van der Waals surface area contributed by atoms with Crippen molar-refractivity contribution in [1.82, 2.24) is 9.88 Å². The van der Waals surface area contributed by atoms with E-state index in [0.717, 1.165) is 6.54 Å². The van der Waals surface area contributed by atoms with Crippen LogP contribution in [0.25, 0.3) is 0 Å². The van der Waals surface area contributed by atoms with Crippen molar-refractivity contribution < 1.29 is 4.79 Å². The lowest BCUT2D eigenvalue weighted by molar-refractivity contribution is -0.121. The minimum atomic E-state index is -0.156. The van der Waals surface area contributed by atoms with Crippen molar-refractivity contribution in [3.63, 3.8) is 0 Å². The monoisotopic (exact) mass is 315 g/mol. The highest BCUT2D eigenvalue weighted by atomic mass is 32.1. The molecule has 1 atom stereocenters. The summed E-state index contributed by atoms with van der Waals surface area (Å²) in [5.74, 6) is 0.626. The SMILES string of the molecule is Cc1ccc(CN(C2CC2)[C@@H](C)C(=O)Nc2ccccn2)s1. The van der Waals surface area contributed by atoms with Gasteiger partial charge in [0.2, 0.25) is 5.91 Å². The normalized spacial score (nSPS) is 15.8. The molecule has 5 heteroatoms. The summed E-state index contributed by atoms with van der Waals surface area (Å²) in [4.78, 5) is 21.6. The zero-order chi connectivity index (χ0) is 15.5. The fourth-order valence-electron chi connectivity index (χ4n) is 2.56. The predicted molar refractivity (Wildman–Crippen MR) is 89.9 cm³/mol. The van der Waals surface area contributed by atoms with Crippen molar-refractivity contribution in [2.24, 2.45) is 0 Å². The molecule has 0 aliphatic heterocycles. The Kier molecular flexibility index (Phi) is 4.55. The molecule has 2 heterocycles. The topological polar surface area (TPSA) is 45.2 Å². The van der Waals surface area contributed by atoms with Gasteiger partial charge in [-0.15, -0.1) is 11.3 Å². The quantitative estimate of drug-likeness (QED) is 0.888. The fraction of sp³-hybridized carbons (Fsp3) is 0.412. The van der Waals surface area contributed by atoms with Crippen LogP contribution in [0.3, 0.4) is 0 Å². The molecule has 1 aliphatic carbocycles. The summed E-state index contributed by atoms with van der Waals surface area (Å²) in [6, 6.07) is 10.2. The lowest BCUT2D eigenvalue weighted by atomic mass is 10.2. The molecule has 1 N–H and O–H groups in total. The van der Waals surface area contributed by atoms with Crippen LogP contribution in [0.15, 0.2) is 36.5 Å². The van der Waals surface area contributed by atoms with Crippen molar-refractivity contribution in [2.75, 3.05) is 5.32 Å². The Labute approximate surface area is 135 Å². The Bertz CT molecular complexity index is 636. The number of amides is 1. The molecule has 0 saturated heterocycles. The van der Waals surface area contributed by atoms with Crippen LogP contribution in [0.1, 0.15) is 29.5 Å². The third kappa shape index (κ3) is 3.72. The van der Waals surface area contributed by atoms with E-state index >= 15 is 0 Å². The van der Waals surface area contributed by atoms with E-state index < -0.39 is 0 Å². The van der Waals surface area contributed by atoms with Crippen molar-refractivity contribution in [3.8, 4) is 0 Å². The summed E-state index contributed by atoms with van der Waals surface area (Å²) < 4.78 is 0. The van der Waals surface area contributed by atoms with E-state index in [1.54, 1.807) is 6.20 Å². The van der Waals surface area contributed by atoms with Crippen molar-refractivity contribution >= 4 is 23.1 Å². The maximum Gasteiger partial charge on any atom is 0.242 e. The number of hydrogen-bond donors (Lipinski definition) is 1. The van der Waals surface area contributed by atoms with Gasteiger partial charge in [-0.3, -0.25) is 9.69 Å². The second-order valence-electron chi connectivity index (χ2n) is 5.80. The zero-order valence-electron chi connectivity index (χ0n) is 13.0. The Balaban J connectivity index is 1.67. The molecule has 0 unspecified atom stereocenters. The lowest BCUT2D eigenvalue weighted by Crippen LogP contribution is -2.42. The summed E-state index contributed by atoms with van der Waals surface area (Å²) in [6.45, 7) is 4.95. The van der Waals surface area contributed by atoms with Gasteiger partial charge in [0.05, 0.1) is 6.04 Å². The average Bonchev–Trinajstić information content (AvgIpc) is 3.28. The second kappa shape index (κ2) is 6.58. The smallest absolute Gasteiger partial charge is 0.242 e. The third-order valence-corrected chi connectivity index (χ3v) is 4.93. The molecular weight excluding hydrogens is 294 g/mol. The van der Waals surface area contributed by atoms with E-state index in [1.807, 2.05) is 36.5 Å². The van der Waals surface area contributed by atoms with Crippen LogP contribution in [-0.4, -0.2) is 27.9 Å². The fourth-order valence-corrected chi connectivity index (χ4v) is 3.46. The molecule has 1 aliphatic rings. The van der Waals surface area contributed by atoms with E-state index in [-0.39, 0.29) is 11.9 Å². The van der Waals surface area contributed by atoms with Crippen LogP contribution in [0, 0.1) is 6.92 Å². The van der Waals surface area contributed by atoms with Crippen LogP contribution in [0.4, 0.5) is 5.82 Å². The molecule has 1 amide bonds. The highest BCUT2D eigenvalue weighted by molar-refractivity contribution is 7.11. The molecule has 0 radical (unpaired) electrons. The van der Waals surface area contributed by atoms with Crippen LogP contribution < -0.4 is 5.32 Å². The molecule has 0 spiro atoms. The number of hydrogen-bond acceptors (Lipinski definition) is 4. The largest absolute Gasteiger partial charge is 0.309 e. The maximum atomic E-state index is 12.5. The minimum absolute atomic E-state index is 0.0129. The van der Waals surface area contributed by atoms with E-state index in [0.29, 0.717) is 11.9 Å². The predicted octanol–water partition coefficient (Wildman–Crippen LogP) is 3.44. The van der Waals surface area contributed by atoms with Gasteiger partial charge in [-0.25, -0.2) is 4.98 Å². The van der Waals surface area contributed by atoms with Crippen LogP contribution in [0.2, 0.25) is 0 Å². The average molecular weight is 315 g/mol. The Hall–Kier alpha value is -1.72. The van der Waals surface area contributed by atoms with E-state index in [4.69, 9.17) is 0 Å². The molecule has 2 aromatic rings. The minimum Gasteiger partial charge on any atom is -0.309 e. The molecule has 4 nitrogen and oxygen atoms in total. The number of aromatic nitrogens is 1. The van der Waals surface area contributed by atoms with E-state index in [9.17, 15) is 4.79 Å². The Morgan fingerprint density at radius 2 is 2.23 bits per heavy atom. The number of pyridine rings is 1. The number of anilines is 1. The molecule has 3 rings (SSSR count). The van der Waals surface area contributed by atoms with Crippen molar-refractivity contribution in [1.29, 1.82) is 0 Å². The first kappa shape index (κ1) is 15.2. The van der Waals surface area contributed by atoms with Gasteiger partial charge in [-0.1, -0.05) is 6.07 Å². The number of aryl methyl sites for hydroxylation is 1. The van der Waals surface area contributed by atoms with Crippen LogP contribution in [-0.2, 0) is 11.3 Å². The highest BCUT2D eigenvalue weighted by Gasteiger charge is 2.35.